The molecule has 0 aromatic rings. The third-order valence-corrected chi connectivity index (χ3v) is 2.06. The number of hydrogen-bond acceptors (Lipinski definition) is 2. The van der Waals surface area contributed by atoms with E-state index in [2.05, 4.69) is 18.9 Å². The lowest BCUT2D eigenvalue weighted by atomic mass is 9.97. The maximum atomic E-state index is 9.27. The molecule has 9 heavy (non-hydrogen) atoms. The van der Waals surface area contributed by atoms with E-state index in [1.54, 1.807) is 0 Å². The Morgan fingerprint density at radius 3 is 2.67 bits per heavy atom. The van der Waals surface area contributed by atoms with Crippen LogP contribution < -0.4 is 0 Å². The largest absolute Gasteiger partial charge is 0.393 e. The summed E-state index contributed by atoms with van der Waals surface area (Å²) >= 11 is 0. The van der Waals surface area contributed by atoms with Crippen LogP contribution in [0.5, 0.6) is 0 Å². The fourth-order valence-electron chi connectivity index (χ4n) is 1.34. The minimum Gasteiger partial charge on any atom is -0.393 e. The van der Waals surface area contributed by atoms with E-state index in [1.165, 1.54) is 0 Å². The third kappa shape index (κ3) is 1.66. The number of aliphatic hydroxyl groups is 1. The molecule has 0 saturated carbocycles. The van der Waals surface area contributed by atoms with Crippen molar-refractivity contribution in [1.29, 1.82) is 0 Å². The van der Waals surface area contributed by atoms with Crippen molar-refractivity contribution in [3.8, 4) is 0 Å². The van der Waals surface area contributed by atoms with Crippen molar-refractivity contribution in [2.24, 2.45) is 5.92 Å². The molecule has 1 aliphatic heterocycles. The molecular formula is C7H15NO. The van der Waals surface area contributed by atoms with Gasteiger partial charge in [-0.15, -0.1) is 0 Å². The molecule has 2 atom stereocenters. The molecule has 0 bridgehead atoms. The Labute approximate surface area is 56.5 Å². The van der Waals surface area contributed by atoms with E-state index >= 15 is 0 Å². The molecule has 1 aliphatic rings. The number of hydrogen-bond donors (Lipinski definition) is 1. The van der Waals surface area contributed by atoms with Gasteiger partial charge in [-0.25, -0.2) is 0 Å². The van der Waals surface area contributed by atoms with Crippen molar-refractivity contribution in [1.82, 2.24) is 4.90 Å². The molecule has 0 aromatic carbocycles. The first kappa shape index (κ1) is 7.03. The van der Waals surface area contributed by atoms with Crippen molar-refractivity contribution in [3.63, 3.8) is 0 Å². The highest BCUT2D eigenvalue weighted by Crippen LogP contribution is 2.14. The van der Waals surface area contributed by atoms with E-state index in [4.69, 9.17) is 0 Å². The van der Waals surface area contributed by atoms with E-state index < -0.39 is 0 Å². The molecule has 1 rings (SSSR count). The maximum absolute atomic E-state index is 9.27. The molecule has 2 nitrogen and oxygen atoms in total. The first-order chi connectivity index (χ1) is 4.20. The zero-order valence-electron chi connectivity index (χ0n) is 6.17. The van der Waals surface area contributed by atoms with Crippen LogP contribution in [-0.4, -0.2) is 36.2 Å². The fraction of sp³-hybridized carbons (Fsp3) is 1.00. The van der Waals surface area contributed by atoms with Gasteiger partial charge >= 0.3 is 0 Å². The van der Waals surface area contributed by atoms with Crippen LogP contribution in [-0.2, 0) is 0 Å². The predicted molar refractivity (Wildman–Crippen MR) is 37.3 cm³/mol. The van der Waals surface area contributed by atoms with Crippen molar-refractivity contribution >= 4 is 0 Å². The molecule has 0 aromatic heterocycles. The normalized spacial score (nSPS) is 39.0. The summed E-state index contributed by atoms with van der Waals surface area (Å²) in [6.07, 6.45) is 0.888. The number of aliphatic hydroxyl groups excluding tert-OH is 1. The summed E-state index contributed by atoms with van der Waals surface area (Å²) in [4.78, 5) is 2.26. The van der Waals surface area contributed by atoms with Crippen molar-refractivity contribution < 1.29 is 5.11 Å². The van der Waals surface area contributed by atoms with E-state index in [0.29, 0.717) is 5.92 Å². The number of rotatable bonds is 0. The average Bonchev–Trinajstić information content (AvgIpc) is 1.80. The van der Waals surface area contributed by atoms with Crippen molar-refractivity contribution in [2.45, 2.75) is 19.4 Å². The SMILES string of the molecule is C[C@@H]1CN(C)CC[C@@H]1O. The highest BCUT2D eigenvalue weighted by molar-refractivity contribution is 4.74. The molecule has 1 saturated heterocycles. The van der Waals surface area contributed by atoms with Crippen molar-refractivity contribution in [2.75, 3.05) is 20.1 Å². The Morgan fingerprint density at radius 1 is 1.56 bits per heavy atom. The van der Waals surface area contributed by atoms with Crippen LogP contribution in [0.1, 0.15) is 13.3 Å². The van der Waals surface area contributed by atoms with E-state index in [0.717, 1.165) is 19.5 Å². The molecule has 0 radical (unpaired) electrons. The zero-order valence-corrected chi connectivity index (χ0v) is 6.17. The Hall–Kier alpha value is -0.0800. The third-order valence-electron chi connectivity index (χ3n) is 2.06. The van der Waals surface area contributed by atoms with E-state index in [-0.39, 0.29) is 6.10 Å². The van der Waals surface area contributed by atoms with Crippen LogP contribution in [0.25, 0.3) is 0 Å². The molecule has 0 spiro atoms. The van der Waals surface area contributed by atoms with Gasteiger partial charge in [-0.2, -0.15) is 0 Å². The van der Waals surface area contributed by atoms with Gasteiger partial charge in [0.05, 0.1) is 6.10 Å². The van der Waals surface area contributed by atoms with E-state index in [1.807, 2.05) is 0 Å². The topological polar surface area (TPSA) is 23.5 Å². The first-order valence-electron chi connectivity index (χ1n) is 3.57. The summed E-state index contributed by atoms with van der Waals surface area (Å²) in [5, 5.41) is 9.27. The second-order valence-electron chi connectivity index (χ2n) is 3.10. The minimum atomic E-state index is -0.0544. The standard InChI is InChI=1S/C7H15NO/c1-6-5-8(2)4-3-7(6)9/h6-7,9H,3-5H2,1-2H3/t6-,7+/m1/s1. The summed E-state index contributed by atoms with van der Waals surface area (Å²) < 4.78 is 0. The number of nitrogens with zero attached hydrogens (tertiary/aromatic N) is 1. The second-order valence-corrected chi connectivity index (χ2v) is 3.10. The quantitative estimate of drug-likeness (QED) is 0.509. The summed E-state index contributed by atoms with van der Waals surface area (Å²) in [6, 6.07) is 0. The lowest BCUT2D eigenvalue weighted by Crippen LogP contribution is -2.39. The molecule has 0 amide bonds. The van der Waals surface area contributed by atoms with Gasteiger partial charge in [0.25, 0.3) is 0 Å². The summed E-state index contributed by atoms with van der Waals surface area (Å²) in [6.45, 7) is 4.19. The van der Waals surface area contributed by atoms with Crippen LogP contribution in [0.3, 0.4) is 0 Å². The van der Waals surface area contributed by atoms with Crippen LogP contribution in [0.4, 0.5) is 0 Å². The highest BCUT2D eigenvalue weighted by atomic mass is 16.3. The monoisotopic (exact) mass is 129 g/mol. The predicted octanol–water partition coefficient (Wildman–Crippen LogP) is 0.319. The van der Waals surface area contributed by atoms with Crippen molar-refractivity contribution in [3.05, 3.63) is 0 Å². The molecule has 2 heteroatoms. The Bertz CT molecular complexity index is 94.9. The second kappa shape index (κ2) is 2.67. The summed E-state index contributed by atoms with van der Waals surface area (Å²) in [7, 11) is 2.10. The van der Waals surface area contributed by atoms with Crippen LogP contribution in [0.15, 0.2) is 0 Å². The fourth-order valence-corrected chi connectivity index (χ4v) is 1.34. The first-order valence-corrected chi connectivity index (χ1v) is 3.57. The molecule has 1 fully saturated rings. The number of likely N-dealkylation sites (tertiary alicyclic amines) is 1. The maximum Gasteiger partial charge on any atom is 0.0590 e. The Kier molecular flexibility index (Phi) is 2.09. The summed E-state index contributed by atoms with van der Waals surface area (Å²) in [5.74, 6) is 0.462. The Morgan fingerprint density at radius 2 is 2.22 bits per heavy atom. The minimum absolute atomic E-state index is 0.0544. The van der Waals surface area contributed by atoms with Crippen LogP contribution >= 0.6 is 0 Å². The number of piperidine rings is 1. The van der Waals surface area contributed by atoms with Crippen LogP contribution in [0, 0.1) is 5.92 Å². The van der Waals surface area contributed by atoms with Gasteiger partial charge in [0.15, 0.2) is 0 Å². The van der Waals surface area contributed by atoms with Gasteiger partial charge in [0.2, 0.25) is 0 Å². The zero-order chi connectivity index (χ0) is 6.85. The van der Waals surface area contributed by atoms with Gasteiger partial charge in [-0.3, -0.25) is 0 Å². The molecule has 54 valence electrons. The van der Waals surface area contributed by atoms with Gasteiger partial charge in [0.1, 0.15) is 0 Å². The summed E-state index contributed by atoms with van der Waals surface area (Å²) in [5.41, 5.74) is 0. The van der Waals surface area contributed by atoms with Gasteiger partial charge in [-0.05, 0) is 19.4 Å². The van der Waals surface area contributed by atoms with Gasteiger partial charge in [-0.1, -0.05) is 6.92 Å². The molecule has 1 N–H and O–H groups in total. The molecular weight excluding hydrogens is 114 g/mol. The molecule has 0 unspecified atom stereocenters. The molecule has 1 heterocycles. The highest BCUT2D eigenvalue weighted by Gasteiger charge is 2.21. The smallest absolute Gasteiger partial charge is 0.0590 e. The molecule has 0 aliphatic carbocycles. The van der Waals surface area contributed by atoms with Gasteiger partial charge < -0.3 is 10.0 Å². The lowest BCUT2D eigenvalue weighted by molar-refractivity contribution is 0.0451. The van der Waals surface area contributed by atoms with Gasteiger partial charge in [0, 0.05) is 13.1 Å². The average molecular weight is 129 g/mol. The van der Waals surface area contributed by atoms with Crippen LogP contribution in [0.2, 0.25) is 0 Å². The van der Waals surface area contributed by atoms with E-state index in [9.17, 15) is 5.11 Å². The Balaban J connectivity index is 2.35. The lowest BCUT2D eigenvalue weighted by Gasteiger charge is -2.31.